The summed E-state index contributed by atoms with van der Waals surface area (Å²) in [6.45, 7) is 2.41. The summed E-state index contributed by atoms with van der Waals surface area (Å²) in [5.74, 6) is 0.448. The number of hydrogen-bond acceptors (Lipinski definition) is 2. The lowest BCUT2D eigenvalue weighted by Crippen LogP contribution is -2.20. The number of phenolic OH excluding ortho intramolecular Hbond substituents is 1. The van der Waals surface area contributed by atoms with Gasteiger partial charge in [-0.3, -0.25) is 4.79 Å². The molecule has 27 heavy (non-hydrogen) atoms. The highest BCUT2D eigenvalue weighted by atomic mass is 16.3. The van der Waals surface area contributed by atoms with Gasteiger partial charge in [-0.15, -0.1) is 0 Å². The van der Waals surface area contributed by atoms with E-state index in [1.807, 2.05) is 31.2 Å². The van der Waals surface area contributed by atoms with E-state index < -0.39 is 0 Å². The summed E-state index contributed by atoms with van der Waals surface area (Å²) in [7, 11) is 0. The molecule has 0 radical (unpaired) electrons. The molecular formula is C24H25NO2. The average Bonchev–Trinajstić information content (AvgIpc) is 2.72. The minimum absolute atomic E-state index is 0.132. The molecule has 0 fully saturated rings. The number of aromatic hydroxyl groups is 1. The second-order valence-corrected chi connectivity index (χ2v) is 6.72. The second kappa shape index (κ2) is 9.04. The topological polar surface area (TPSA) is 40.5 Å². The van der Waals surface area contributed by atoms with Gasteiger partial charge < -0.3 is 10.0 Å². The number of hydrogen-bond donors (Lipinski definition) is 1. The van der Waals surface area contributed by atoms with E-state index in [2.05, 4.69) is 48.5 Å². The van der Waals surface area contributed by atoms with Crippen LogP contribution in [0.2, 0.25) is 0 Å². The molecule has 3 heteroatoms. The molecule has 0 aliphatic heterocycles. The average molecular weight is 359 g/mol. The Morgan fingerprint density at radius 3 is 2.15 bits per heavy atom. The van der Waals surface area contributed by atoms with E-state index in [0.717, 1.165) is 24.8 Å². The number of carbonyl (C=O) groups excluding carboxylic acids is 1. The van der Waals surface area contributed by atoms with Gasteiger partial charge in [0.15, 0.2) is 0 Å². The fourth-order valence-corrected chi connectivity index (χ4v) is 3.44. The third kappa shape index (κ3) is 4.76. The molecular weight excluding hydrogens is 334 g/mol. The van der Waals surface area contributed by atoms with Crippen LogP contribution in [0.5, 0.6) is 5.75 Å². The van der Waals surface area contributed by atoms with E-state index >= 15 is 0 Å². The number of rotatable bonds is 8. The van der Waals surface area contributed by atoms with Gasteiger partial charge in [0.05, 0.1) is 5.69 Å². The summed E-state index contributed by atoms with van der Waals surface area (Å²) in [6, 6.07) is 26.5. The molecule has 1 atom stereocenters. The van der Waals surface area contributed by atoms with Crippen LogP contribution in [0.3, 0.4) is 0 Å². The quantitative estimate of drug-likeness (QED) is 0.579. The Labute approximate surface area is 160 Å². The maximum Gasteiger partial charge on any atom is 0.214 e. The molecule has 0 saturated carbocycles. The molecule has 3 aromatic rings. The molecule has 1 unspecified atom stereocenters. The summed E-state index contributed by atoms with van der Waals surface area (Å²) < 4.78 is 0. The fraction of sp³-hybridized carbons (Fsp3) is 0.208. The maximum absolute atomic E-state index is 11.3. The molecule has 0 aromatic heterocycles. The lowest BCUT2D eigenvalue weighted by atomic mass is 9.86. The number of carbonyl (C=O) groups is 1. The third-order valence-corrected chi connectivity index (χ3v) is 4.90. The van der Waals surface area contributed by atoms with Crippen LogP contribution in [0.1, 0.15) is 29.5 Å². The smallest absolute Gasteiger partial charge is 0.214 e. The van der Waals surface area contributed by atoms with Crippen LogP contribution in [0, 0.1) is 0 Å². The highest BCUT2D eigenvalue weighted by Crippen LogP contribution is 2.31. The molecule has 1 amide bonds. The van der Waals surface area contributed by atoms with Gasteiger partial charge in [0.1, 0.15) is 5.75 Å². The van der Waals surface area contributed by atoms with Crippen molar-refractivity contribution in [1.82, 2.24) is 0 Å². The number of amides is 1. The van der Waals surface area contributed by atoms with Crippen molar-refractivity contribution in [3.63, 3.8) is 0 Å². The van der Waals surface area contributed by atoms with Crippen molar-refractivity contribution < 1.29 is 9.90 Å². The van der Waals surface area contributed by atoms with E-state index in [-0.39, 0.29) is 5.75 Å². The largest absolute Gasteiger partial charge is 0.506 e. The van der Waals surface area contributed by atoms with Crippen LogP contribution in [0.15, 0.2) is 78.9 Å². The van der Waals surface area contributed by atoms with Gasteiger partial charge in [-0.1, -0.05) is 66.7 Å². The molecule has 3 aromatic carbocycles. The van der Waals surface area contributed by atoms with Gasteiger partial charge in [0, 0.05) is 6.54 Å². The predicted octanol–water partition coefficient (Wildman–Crippen LogP) is 4.94. The maximum atomic E-state index is 11.3. The summed E-state index contributed by atoms with van der Waals surface area (Å²) >= 11 is 0. The fourth-order valence-electron chi connectivity index (χ4n) is 3.44. The highest BCUT2D eigenvalue weighted by molar-refractivity contribution is 5.78. The summed E-state index contributed by atoms with van der Waals surface area (Å²) in [5, 5.41) is 10.2. The molecule has 0 aliphatic carbocycles. The number of anilines is 1. The van der Waals surface area contributed by atoms with Crippen LogP contribution in [-0.2, 0) is 17.6 Å². The van der Waals surface area contributed by atoms with E-state index in [1.165, 1.54) is 16.0 Å². The zero-order valence-corrected chi connectivity index (χ0v) is 15.6. The van der Waals surface area contributed by atoms with Crippen molar-refractivity contribution >= 4 is 12.1 Å². The van der Waals surface area contributed by atoms with Gasteiger partial charge >= 0.3 is 0 Å². The first kappa shape index (κ1) is 18.7. The molecule has 138 valence electrons. The Kier molecular flexibility index (Phi) is 6.26. The van der Waals surface area contributed by atoms with Crippen molar-refractivity contribution in [2.75, 3.05) is 11.4 Å². The van der Waals surface area contributed by atoms with E-state index in [0.29, 0.717) is 18.2 Å². The van der Waals surface area contributed by atoms with E-state index in [9.17, 15) is 9.90 Å². The number of nitrogens with zero attached hydrogens (tertiary/aromatic N) is 1. The zero-order valence-electron chi connectivity index (χ0n) is 15.6. The van der Waals surface area contributed by atoms with Crippen LogP contribution >= 0.6 is 0 Å². The minimum atomic E-state index is 0.132. The lowest BCUT2D eigenvalue weighted by Gasteiger charge is -2.21. The van der Waals surface area contributed by atoms with Crippen LogP contribution in [0.25, 0.3) is 0 Å². The Bertz CT molecular complexity index is 862. The van der Waals surface area contributed by atoms with Gasteiger partial charge in [0.25, 0.3) is 0 Å². The predicted molar refractivity (Wildman–Crippen MR) is 110 cm³/mol. The third-order valence-electron chi connectivity index (χ3n) is 4.90. The van der Waals surface area contributed by atoms with Gasteiger partial charge in [-0.05, 0) is 54.5 Å². The summed E-state index contributed by atoms with van der Waals surface area (Å²) in [4.78, 5) is 12.8. The van der Waals surface area contributed by atoms with Gasteiger partial charge in [0.2, 0.25) is 6.41 Å². The van der Waals surface area contributed by atoms with Crippen LogP contribution in [0.4, 0.5) is 5.69 Å². The van der Waals surface area contributed by atoms with Crippen molar-refractivity contribution in [3.8, 4) is 5.75 Å². The van der Waals surface area contributed by atoms with Crippen LogP contribution in [-0.4, -0.2) is 18.1 Å². The normalized spacial score (nSPS) is 11.7. The first-order valence-corrected chi connectivity index (χ1v) is 9.34. The molecule has 3 nitrogen and oxygen atoms in total. The minimum Gasteiger partial charge on any atom is -0.506 e. The van der Waals surface area contributed by atoms with Crippen molar-refractivity contribution in [2.45, 2.75) is 25.7 Å². The van der Waals surface area contributed by atoms with E-state index in [4.69, 9.17) is 0 Å². The first-order valence-electron chi connectivity index (χ1n) is 9.34. The molecule has 0 spiro atoms. The summed E-state index contributed by atoms with van der Waals surface area (Å²) in [5.41, 5.74) is 4.26. The van der Waals surface area contributed by atoms with Gasteiger partial charge in [-0.25, -0.2) is 0 Å². The molecule has 1 N–H and O–H groups in total. The molecule has 0 heterocycles. The molecule has 0 bridgehead atoms. The molecule has 0 aliphatic rings. The van der Waals surface area contributed by atoms with Gasteiger partial charge in [-0.2, -0.15) is 0 Å². The van der Waals surface area contributed by atoms with Crippen LogP contribution < -0.4 is 4.90 Å². The zero-order chi connectivity index (χ0) is 19.1. The first-order chi connectivity index (χ1) is 13.2. The SMILES string of the molecule is CCN(C=O)c1cc(CC(Cc2ccccc2)c2ccccc2)ccc1O. The Balaban J connectivity index is 1.90. The Hall–Kier alpha value is -3.07. The van der Waals surface area contributed by atoms with Crippen molar-refractivity contribution in [2.24, 2.45) is 0 Å². The monoisotopic (exact) mass is 359 g/mol. The standard InChI is InChI=1S/C24H25NO2/c1-2-25(18-26)23-17-20(13-14-24(23)27)16-22(21-11-7-4-8-12-21)15-19-9-5-3-6-10-19/h3-14,17-18,22,27H,2,15-16H2,1H3. The Morgan fingerprint density at radius 2 is 1.52 bits per heavy atom. The lowest BCUT2D eigenvalue weighted by molar-refractivity contribution is -0.107. The highest BCUT2D eigenvalue weighted by Gasteiger charge is 2.16. The summed E-state index contributed by atoms with van der Waals surface area (Å²) in [6.07, 6.45) is 2.53. The van der Waals surface area contributed by atoms with E-state index in [1.54, 1.807) is 6.07 Å². The molecule has 3 rings (SSSR count). The Morgan fingerprint density at radius 1 is 0.889 bits per heavy atom. The number of phenols is 1. The second-order valence-electron chi connectivity index (χ2n) is 6.72. The van der Waals surface area contributed by atoms with Crippen molar-refractivity contribution in [3.05, 3.63) is 95.6 Å². The molecule has 0 saturated heterocycles. The number of benzene rings is 3. The van der Waals surface area contributed by atoms with Crippen molar-refractivity contribution in [1.29, 1.82) is 0 Å².